The monoisotopic (exact) mass is 439 g/mol. The van der Waals surface area contributed by atoms with Crippen LogP contribution >= 0.6 is 11.6 Å². The summed E-state index contributed by atoms with van der Waals surface area (Å²) >= 11 is 6.04. The van der Waals surface area contributed by atoms with Gasteiger partial charge in [-0.3, -0.25) is 9.59 Å². The van der Waals surface area contributed by atoms with E-state index in [0.29, 0.717) is 43.1 Å². The largest absolute Gasteiger partial charge is 0.370 e. The fourth-order valence-corrected chi connectivity index (χ4v) is 5.19. The minimum Gasteiger partial charge on any atom is -0.370 e. The van der Waals surface area contributed by atoms with E-state index >= 15 is 0 Å². The summed E-state index contributed by atoms with van der Waals surface area (Å²) in [6.45, 7) is 1.77. The third-order valence-corrected chi connectivity index (χ3v) is 6.93. The number of piperidine rings is 1. The summed E-state index contributed by atoms with van der Waals surface area (Å²) < 4.78 is 6.28. The van der Waals surface area contributed by atoms with Crippen LogP contribution in [0.25, 0.3) is 0 Å². The van der Waals surface area contributed by atoms with E-state index in [0.717, 1.165) is 24.9 Å². The van der Waals surface area contributed by atoms with Gasteiger partial charge in [0.05, 0.1) is 17.8 Å². The lowest BCUT2D eigenvalue weighted by atomic mass is 9.84. The Morgan fingerprint density at radius 3 is 2.65 bits per heavy atom. The van der Waals surface area contributed by atoms with Crippen molar-refractivity contribution in [3.8, 4) is 0 Å². The molecule has 0 radical (unpaired) electrons. The van der Waals surface area contributed by atoms with Gasteiger partial charge in [0.2, 0.25) is 5.91 Å². The van der Waals surface area contributed by atoms with E-state index in [1.807, 2.05) is 29.2 Å². The Morgan fingerprint density at radius 2 is 1.87 bits per heavy atom. The molecule has 2 spiro atoms. The van der Waals surface area contributed by atoms with Crippen molar-refractivity contribution in [2.45, 2.75) is 43.4 Å². The Balaban J connectivity index is 1.19. The summed E-state index contributed by atoms with van der Waals surface area (Å²) in [5.74, 6) is 0.0618. The van der Waals surface area contributed by atoms with E-state index in [1.165, 1.54) is 5.56 Å². The number of hydrogen-bond acceptors (Lipinski definition) is 4. The Hall–Kier alpha value is -2.57. The number of amides is 2. The molecule has 0 aliphatic carbocycles. The minimum atomic E-state index is -0.614. The third kappa shape index (κ3) is 4.02. The van der Waals surface area contributed by atoms with Crippen molar-refractivity contribution < 1.29 is 14.3 Å². The Bertz CT molecular complexity index is 1000. The van der Waals surface area contributed by atoms with Gasteiger partial charge in [-0.05, 0) is 43.0 Å². The molecule has 3 aliphatic heterocycles. The molecule has 2 amide bonds. The average Bonchev–Trinajstić information content (AvgIpc) is 3.11. The molecule has 0 saturated carbocycles. The molecule has 162 valence electrons. The summed E-state index contributed by atoms with van der Waals surface area (Å²) in [6.07, 6.45) is 3.52. The molecule has 31 heavy (non-hydrogen) atoms. The van der Waals surface area contributed by atoms with Crippen molar-refractivity contribution in [3.63, 3.8) is 0 Å². The molecule has 3 heterocycles. The lowest BCUT2D eigenvalue weighted by Crippen LogP contribution is -2.59. The fourth-order valence-electron chi connectivity index (χ4n) is 5.01. The van der Waals surface area contributed by atoms with E-state index in [-0.39, 0.29) is 17.4 Å². The molecule has 2 aromatic rings. The minimum absolute atomic E-state index is 0.134. The zero-order chi connectivity index (χ0) is 21.5. The van der Waals surface area contributed by atoms with E-state index in [4.69, 9.17) is 16.3 Å². The first-order valence-corrected chi connectivity index (χ1v) is 11.2. The molecular weight excluding hydrogens is 414 g/mol. The maximum Gasteiger partial charge on any atom is 0.255 e. The molecule has 1 unspecified atom stereocenters. The maximum absolute atomic E-state index is 12.7. The van der Waals surface area contributed by atoms with Crippen LogP contribution in [0.4, 0.5) is 5.69 Å². The van der Waals surface area contributed by atoms with Gasteiger partial charge in [0.1, 0.15) is 5.66 Å². The van der Waals surface area contributed by atoms with Crippen molar-refractivity contribution in [3.05, 3.63) is 64.7 Å². The quantitative estimate of drug-likeness (QED) is 0.766. The predicted octanol–water partition coefficient (Wildman–Crippen LogP) is 3.61. The number of carbonyl (C=O) groups excluding carboxylic acids is 2. The molecule has 2 fully saturated rings. The number of likely N-dealkylation sites (tertiary alicyclic amines) is 1. The number of rotatable bonds is 3. The van der Waals surface area contributed by atoms with E-state index in [9.17, 15) is 9.59 Å². The molecule has 5 rings (SSSR count). The van der Waals surface area contributed by atoms with Crippen LogP contribution in [0, 0.1) is 0 Å². The fraction of sp³-hybridized carbons (Fsp3) is 0.417. The van der Waals surface area contributed by atoms with E-state index in [2.05, 4.69) is 22.8 Å². The Kier molecular flexibility index (Phi) is 5.15. The number of nitrogens with zero attached hydrogens (tertiary/aromatic N) is 1. The van der Waals surface area contributed by atoms with Crippen LogP contribution in [0.2, 0.25) is 5.02 Å². The maximum atomic E-state index is 12.7. The highest BCUT2D eigenvalue weighted by atomic mass is 35.5. The second-order valence-corrected chi connectivity index (χ2v) is 9.30. The second kappa shape index (κ2) is 7.84. The summed E-state index contributed by atoms with van der Waals surface area (Å²) in [4.78, 5) is 27.3. The van der Waals surface area contributed by atoms with Crippen LogP contribution in [0.5, 0.6) is 0 Å². The van der Waals surface area contributed by atoms with Gasteiger partial charge in [0, 0.05) is 36.6 Å². The van der Waals surface area contributed by atoms with Gasteiger partial charge in [-0.1, -0.05) is 41.9 Å². The molecule has 2 N–H and O–H groups in total. The summed E-state index contributed by atoms with van der Waals surface area (Å²) in [7, 11) is 0. The van der Waals surface area contributed by atoms with Crippen molar-refractivity contribution in [1.29, 1.82) is 0 Å². The Labute approximate surface area is 186 Å². The zero-order valence-corrected chi connectivity index (χ0v) is 18.1. The highest BCUT2D eigenvalue weighted by Gasteiger charge is 2.53. The molecule has 1 atom stereocenters. The lowest BCUT2D eigenvalue weighted by Gasteiger charge is -2.41. The number of benzene rings is 2. The number of fused-ring (bicyclic) bond motifs is 1. The first kappa shape index (κ1) is 20.3. The van der Waals surface area contributed by atoms with Gasteiger partial charge in [0.25, 0.3) is 5.91 Å². The first-order valence-electron chi connectivity index (χ1n) is 10.8. The van der Waals surface area contributed by atoms with Crippen molar-refractivity contribution in [1.82, 2.24) is 10.2 Å². The van der Waals surface area contributed by atoms with E-state index < -0.39 is 5.66 Å². The van der Waals surface area contributed by atoms with Crippen LogP contribution in [0.15, 0.2) is 48.5 Å². The molecule has 7 heteroatoms. The Morgan fingerprint density at radius 1 is 1.10 bits per heavy atom. The SMILES string of the molecule is O=C1NC2(COC3(CCN(C(=O)CCc4ccccc4)CC3)C2)Nc2ccc(Cl)cc21. The number of halogens is 1. The van der Waals surface area contributed by atoms with Crippen LogP contribution in [0.3, 0.4) is 0 Å². The summed E-state index contributed by atoms with van der Waals surface area (Å²) in [5, 5.41) is 7.12. The number of carbonyl (C=O) groups is 2. The number of nitrogens with one attached hydrogen (secondary N) is 2. The normalized spacial score (nSPS) is 24.0. The zero-order valence-electron chi connectivity index (χ0n) is 17.3. The predicted molar refractivity (Wildman–Crippen MR) is 119 cm³/mol. The highest BCUT2D eigenvalue weighted by Crippen LogP contribution is 2.43. The molecule has 0 bridgehead atoms. The summed E-state index contributed by atoms with van der Waals surface area (Å²) in [5.41, 5.74) is 1.59. The molecule has 2 saturated heterocycles. The molecule has 6 nitrogen and oxygen atoms in total. The molecule has 0 aromatic heterocycles. The van der Waals surface area contributed by atoms with Gasteiger partial charge in [0.15, 0.2) is 0 Å². The van der Waals surface area contributed by atoms with Gasteiger partial charge in [-0.25, -0.2) is 0 Å². The smallest absolute Gasteiger partial charge is 0.255 e. The van der Waals surface area contributed by atoms with Gasteiger partial charge >= 0.3 is 0 Å². The van der Waals surface area contributed by atoms with Crippen molar-refractivity contribution >= 4 is 29.1 Å². The topological polar surface area (TPSA) is 70.7 Å². The molecule has 3 aliphatic rings. The third-order valence-electron chi connectivity index (χ3n) is 6.70. The summed E-state index contributed by atoms with van der Waals surface area (Å²) in [6, 6.07) is 15.4. The lowest BCUT2D eigenvalue weighted by molar-refractivity contribution is -0.135. The first-order chi connectivity index (χ1) is 15.0. The standard InChI is InChI=1S/C24H26ClN3O3/c25-18-7-8-20-19(14-18)22(30)27-24(26-20)15-23(31-16-24)10-12-28(13-11-23)21(29)9-6-17-4-2-1-3-5-17/h1-5,7-8,14,26H,6,9-13,15-16H2,(H,27,30). The number of hydrogen-bond donors (Lipinski definition) is 2. The van der Waals surface area contributed by atoms with Crippen LogP contribution in [-0.4, -0.2) is 47.7 Å². The van der Waals surface area contributed by atoms with Crippen molar-refractivity contribution in [2.24, 2.45) is 0 Å². The highest BCUT2D eigenvalue weighted by molar-refractivity contribution is 6.31. The van der Waals surface area contributed by atoms with Crippen LogP contribution in [0.1, 0.15) is 41.6 Å². The average molecular weight is 440 g/mol. The van der Waals surface area contributed by atoms with Gasteiger partial charge < -0.3 is 20.3 Å². The number of ether oxygens (including phenoxy) is 1. The number of aryl methyl sites for hydroxylation is 1. The second-order valence-electron chi connectivity index (χ2n) is 8.87. The molecular formula is C24H26ClN3O3. The number of anilines is 1. The van der Waals surface area contributed by atoms with Gasteiger partial charge in [-0.15, -0.1) is 0 Å². The van der Waals surface area contributed by atoms with Crippen molar-refractivity contribution in [2.75, 3.05) is 25.0 Å². The van der Waals surface area contributed by atoms with Crippen LogP contribution in [-0.2, 0) is 16.0 Å². The van der Waals surface area contributed by atoms with E-state index in [1.54, 1.807) is 12.1 Å². The van der Waals surface area contributed by atoms with Crippen LogP contribution < -0.4 is 10.6 Å². The molecule has 2 aromatic carbocycles. The van der Waals surface area contributed by atoms with Gasteiger partial charge in [-0.2, -0.15) is 0 Å².